The van der Waals surface area contributed by atoms with Gasteiger partial charge in [-0.2, -0.15) is 0 Å². The summed E-state index contributed by atoms with van der Waals surface area (Å²) >= 11 is 0. The van der Waals surface area contributed by atoms with E-state index >= 15 is 0 Å². The lowest BCUT2D eigenvalue weighted by atomic mass is 10.3. The lowest BCUT2D eigenvalue weighted by molar-refractivity contribution is 0.381. The largest absolute Gasteiger partial charge is 0.364 e. The van der Waals surface area contributed by atoms with Crippen LogP contribution in [0.4, 0.5) is 43.9 Å². The predicted molar refractivity (Wildman–Crippen MR) is 60.9 cm³/mol. The molecule has 0 aliphatic heterocycles. The molecule has 0 radical (unpaired) electrons. The van der Waals surface area contributed by atoms with Crippen LogP contribution in [0.15, 0.2) is 0 Å². The highest BCUT2D eigenvalue weighted by atomic mass is 31.1. The average Bonchev–Trinajstić information content (AvgIpc) is 2.55. The summed E-state index contributed by atoms with van der Waals surface area (Å²) in [6, 6.07) is 0. The molecular weight excluding hydrogens is 381 g/mol. The van der Waals surface area contributed by atoms with E-state index in [1.807, 2.05) is 0 Å². The second-order valence-electron chi connectivity index (χ2n) is 4.15. The first kappa shape index (κ1) is 18.5. The molecule has 2 aromatic rings. The van der Waals surface area contributed by atoms with Gasteiger partial charge in [-0.15, -0.1) is 0 Å². The van der Waals surface area contributed by atoms with Gasteiger partial charge in [0.15, 0.2) is 46.5 Å². The van der Waals surface area contributed by atoms with Crippen molar-refractivity contribution >= 4 is 18.8 Å². The fourth-order valence-electron chi connectivity index (χ4n) is 1.67. The Hall–Kier alpha value is -1.87. The molecule has 0 aromatic heterocycles. The maximum atomic E-state index is 13.5. The molecule has 2 aromatic carbocycles. The normalized spacial score (nSPS) is 11.5. The molecule has 0 saturated carbocycles. The minimum Gasteiger partial charge on any atom is -0.364 e. The van der Waals surface area contributed by atoms with E-state index in [-0.39, 0.29) is 0 Å². The summed E-state index contributed by atoms with van der Waals surface area (Å²) in [6.45, 7) is 0. The van der Waals surface area contributed by atoms with Crippen molar-refractivity contribution < 1.29 is 48.8 Å². The molecule has 0 heterocycles. The van der Waals surface area contributed by atoms with Gasteiger partial charge in [0.25, 0.3) is 0 Å². The smallest absolute Gasteiger partial charge is 0.200 e. The Labute approximate surface area is 127 Å². The first-order chi connectivity index (χ1) is 11.0. The third-order valence-electron chi connectivity index (χ3n) is 2.80. The van der Waals surface area contributed by atoms with E-state index in [1.165, 1.54) is 0 Å². The van der Waals surface area contributed by atoms with Crippen LogP contribution in [0, 0.1) is 58.2 Å². The molecule has 2 rings (SSSR count). The van der Waals surface area contributed by atoms with Gasteiger partial charge in [-0.25, -0.2) is 43.9 Å². The lowest BCUT2D eigenvalue weighted by Crippen LogP contribution is -2.28. The molecule has 0 saturated heterocycles. The topological polar surface area (TPSA) is 20.2 Å². The third-order valence-corrected chi connectivity index (χ3v) is 4.43. The number of halogens is 10. The van der Waals surface area contributed by atoms with Crippen molar-refractivity contribution in [2.24, 2.45) is 0 Å². The van der Waals surface area contributed by atoms with E-state index in [0.717, 1.165) is 0 Å². The van der Waals surface area contributed by atoms with Crippen LogP contribution in [0.2, 0.25) is 0 Å². The fraction of sp³-hybridized carbons (Fsp3) is 0. The summed E-state index contributed by atoms with van der Waals surface area (Å²) < 4.78 is 132. The summed E-state index contributed by atoms with van der Waals surface area (Å²) in [5.74, 6) is -26.2. The van der Waals surface area contributed by atoms with Crippen molar-refractivity contribution in [3.8, 4) is 0 Å². The maximum absolute atomic E-state index is 13.5. The monoisotopic (exact) mass is 382 g/mol. The Kier molecular flexibility index (Phi) is 4.78. The highest BCUT2D eigenvalue weighted by Crippen LogP contribution is 2.36. The van der Waals surface area contributed by atoms with Crippen molar-refractivity contribution in [3.63, 3.8) is 0 Å². The molecule has 1 nitrogen and oxygen atoms in total. The second kappa shape index (κ2) is 6.21. The van der Waals surface area contributed by atoms with Gasteiger partial charge in [0, 0.05) is 0 Å². The Morgan fingerprint density at radius 3 is 0.750 bits per heavy atom. The Morgan fingerprint density at radius 2 is 0.542 bits per heavy atom. The number of benzene rings is 2. The third kappa shape index (κ3) is 2.51. The first-order valence-corrected chi connectivity index (χ1v) is 6.83. The van der Waals surface area contributed by atoms with Crippen LogP contribution in [-0.2, 0) is 0 Å². The molecule has 0 aliphatic carbocycles. The van der Waals surface area contributed by atoms with Crippen LogP contribution in [0.3, 0.4) is 0 Å². The fourth-order valence-corrected chi connectivity index (χ4v) is 3.03. The van der Waals surface area contributed by atoms with Gasteiger partial charge in [-0.1, -0.05) is 0 Å². The lowest BCUT2D eigenvalue weighted by Gasteiger charge is -2.16. The van der Waals surface area contributed by atoms with Crippen molar-refractivity contribution in [1.82, 2.24) is 0 Å². The van der Waals surface area contributed by atoms with Crippen molar-refractivity contribution in [3.05, 3.63) is 58.2 Å². The minimum atomic E-state index is -4.14. The quantitative estimate of drug-likeness (QED) is 0.365. The molecule has 1 N–H and O–H groups in total. The van der Waals surface area contributed by atoms with Crippen LogP contribution in [0.1, 0.15) is 0 Å². The van der Waals surface area contributed by atoms with Gasteiger partial charge in [0.1, 0.15) is 8.15 Å². The molecule has 0 amide bonds. The average molecular weight is 382 g/mol. The van der Waals surface area contributed by atoms with E-state index in [9.17, 15) is 48.8 Å². The molecule has 130 valence electrons. The second-order valence-corrected chi connectivity index (χ2v) is 5.67. The van der Waals surface area contributed by atoms with E-state index in [2.05, 4.69) is 0 Å². The highest BCUT2D eigenvalue weighted by Gasteiger charge is 2.36. The summed E-state index contributed by atoms with van der Waals surface area (Å²) in [5, 5.41) is -4.21. The zero-order chi connectivity index (χ0) is 18.5. The van der Waals surface area contributed by atoms with Gasteiger partial charge in [0.05, 0.1) is 10.6 Å². The molecule has 12 heteroatoms. The molecule has 0 aliphatic rings. The number of hydrogen-bond acceptors (Lipinski definition) is 1. The number of hydrogen-bond donors (Lipinski definition) is 1. The van der Waals surface area contributed by atoms with Crippen LogP contribution in [0.5, 0.6) is 0 Å². The van der Waals surface area contributed by atoms with Gasteiger partial charge >= 0.3 is 0 Å². The van der Waals surface area contributed by atoms with Gasteiger partial charge in [0.2, 0.25) is 11.6 Å². The van der Waals surface area contributed by atoms with Crippen LogP contribution >= 0.6 is 8.15 Å². The van der Waals surface area contributed by atoms with Crippen LogP contribution in [-0.4, -0.2) is 4.89 Å². The standard InChI is InChI=1S/C12HF10OP/c13-1-3(15)7(19)11(8(20)4(1)16)24(23)12-9(21)5(17)2(14)6(18)10(12)22/h23H. The van der Waals surface area contributed by atoms with Crippen molar-refractivity contribution in [2.45, 2.75) is 0 Å². The van der Waals surface area contributed by atoms with E-state index in [1.54, 1.807) is 0 Å². The highest BCUT2D eigenvalue weighted by molar-refractivity contribution is 7.67. The van der Waals surface area contributed by atoms with Gasteiger partial charge in [-0.05, 0) is 0 Å². The summed E-state index contributed by atoms with van der Waals surface area (Å²) in [6.07, 6.45) is 0. The predicted octanol–water partition coefficient (Wildman–Crippen LogP) is 3.42. The molecular formula is C12HF10OP. The summed E-state index contributed by atoms with van der Waals surface area (Å²) in [4.78, 5) is 9.59. The first-order valence-electron chi connectivity index (χ1n) is 5.54. The van der Waals surface area contributed by atoms with Crippen molar-refractivity contribution in [1.29, 1.82) is 0 Å². The van der Waals surface area contributed by atoms with E-state index in [4.69, 9.17) is 0 Å². The molecule has 0 bridgehead atoms. The van der Waals surface area contributed by atoms with E-state index in [0.29, 0.717) is 0 Å². The summed E-state index contributed by atoms with van der Waals surface area (Å²) in [5.41, 5.74) is 0. The maximum Gasteiger partial charge on any atom is 0.200 e. The number of rotatable bonds is 2. The minimum absolute atomic E-state index is 2.11. The molecule has 0 spiro atoms. The SMILES string of the molecule is OP(c1c(F)c(F)c(F)c(F)c1F)c1c(F)c(F)c(F)c(F)c1F. The molecule has 24 heavy (non-hydrogen) atoms. The van der Waals surface area contributed by atoms with E-state index < -0.39 is 76.9 Å². The zero-order valence-corrected chi connectivity index (χ0v) is 11.6. The van der Waals surface area contributed by atoms with Crippen LogP contribution < -0.4 is 10.6 Å². The molecule has 0 unspecified atom stereocenters. The molecule has 0 fully saturated rings. The van der Waals surface area contributed by atoms with Gasteiger partial charge < -0.3 is 4.89 Å². The Bertz CT molecular complexity index is 725. The zero-order valence-electron chi connectivity index (χ0n) is 10.7. The van der Waals surface area contributed by atoms with Crippen molar-refractivity contribution in [2.75, 3.05) is 0 Å². The van der Waals surface area contributed by atoms with Gasteiger partial charge in [-0.3, -0.25) is 0 Å². The molecule has 0 atom stereocenters. The summed E-state index contributed by atoms with van der Waals surface area (Å²) in [7, 11) is -4.14. The Morgan fingerprint density at radius 1 is 0.375 bits per heavy atom. The Balaban J connectivity index is 2.84. The van der Waals surface area contributed by atoms with Crippen LogP contribution in [0.25, 0.3) is 0 Å².